The Labute approximate surface area is 101 Å². The average molecular weight is 224 g/mol. The van der Waals surface area contributed by atoms with E-state index < -0.39 is 0 Å². The smallest absolute Gasteiger partial charge is 0.0107 e. The van der Waals surface area contributed by atoms with Crippen molar-refractivity contribution in [1.82, 2.24) is 10.2 Å². The Kier molecular flexibility index (Phi) is 4.66. The summed E-state index contributed by atoms with van der Waals surface area (Å²) >= 11 is 0. The van der Waals surface area contributed by atoms with Gasteiger partial charge in [-0.2, -0.15) is 0 Å². The first-order valence-electron chi connectivity index (χ1n) is 7.16. The highest BCUT2D eigenvalue weighted by Gasteiger charge is 2.22. The molecule has 0 aromatic rings. The summed E-state index contributed by atoms with van der Waals surface area (Å²) in [5.41, 5.74) is 0. The van der Waals surface area contributed by atoms with Crippen LogP contribution in [0, 0.1) is 11.8 Å². The molecule has 0 aromatic carbocycles. The fourth-order valence-electron chi connectivity index (χ4n) is 2.87. The highest BCUT2D eigenvalue weighted by Crippen LogP contribution is 2.28. The van der Waals surface area contributed by atoms with Crippen LogP contribution in [-0.4, -0.2) is 37.6 Å². The van der Waals surface area contributed by atoms with Gasteiger partial charge in [-0.25, -0.2) is 0 Å². The largest absolute Gasteiger partial charge is 0.315 e. The monoisotopic (exact) mass is 224 g/mol. The summed E-state index contributed by atoms with van der Waals surface area (Å²) in [7, 11) is 2.31. The molecule has 2 atom stereocenters. The SMILES string of the molecule is CC1CCCC(N(C)CCNCC2CC2)C1. The molecule has 2 saturated carbocycles. The molecule has 0 heterocycles. The first-order chi connectivity index (χ1) is 7.75. The summed E-state index contributed by atoms with van der Waals surface area (Å²) in [6, 6.07) is 0.853. The third kappa shape index (κ3) is 4.06. The van der Waals surface area contributed by atoms with Crippen molar-refractivity contribution in [2.24, 2.45) is 11.8 Å². The number of hydrogen-bond donors (Lipinski definition) is 1. The molecule has 2 heteroatoms. The summed E-state index contributed by atoms with van der Waals surface area (Å²) in [5, 5.41) is 3.59. The Bertz CT molecular complexity index is 201. The molecule has 2 aliphatic rings. The highest BCUT2D eigenvalue weighted by atomic mass is 15.1. The standard InChI is InChI=1S/C14H28N2/c1-12-4-3-5-14(10-12)16(2)9-8-15-11-13-6-7-13/h12-15H,3-11H2,1-2H3. The topological polar surface area (TPSA) is 15.3 Å². The van der Waals surface area contributed by atoms with E-state index in [1.165, 1.54) is 58.2 Å². The molecule has 1 N–H and O–H groups in total. The molecule has 94 valence electrons. The zero-order valence-electron chi connectivity index (χ0n) is 11.0. The molecule has 0 spiro atoms. The number of hydrogen-bond acceptors (Lipinski definition) is 2. The molecule has 0 aromatic heterocycles. The van der Waals surface area contributed by atoms with Crippen LogP contribution >= 0.6 is 0 Å². The minimum absolute atomic E-state index is 0.853. The Morgan fingerprint density at radius 3 is 2.69 bits per heavy atom. The molecule has 0 aliphatic heterocycles. The van der Waals surface area contributed by atoms with Crippen molar-refractivity contribution in [3.05, 3.63) is 0 Å². The van der Waals surface area contributed by atoms with Crippen LogP contribution in [0.15, 0.2) is 0 Å². The molecule has 0 radical (unpaired) electrons. The molecular formula is C14H28N2. The second kappa shape index (κ2) is 6.02. The normalized spacial score (nSPS) is 30.9. The first kappa shape index (κ1) is 12.4. The van der Waals surface area contributed by atoms with Gasteiger partial charge in [0.15, 0.2) is 0 Å². The fourth-order valence-corrected chi connectivity index (χ4v) is 2.87. The van der Waals surface area contributed by atoms with Crippen molar-refractivity contribution in [1.29, 1.82) is 0 Å². The van der Waals surface area contributed by atoms with E-state index in [0.717, 1.165) is 17.9 Å². The van der Waals surface area contributed by atoms with Crippen LogP contribution in [-0.2, 0) is 0 Å². The minimum atomic E-state index is 0.853. The third-order valence-corrected chi connectivity index (χ3v) is 4.30. The predicted octanol–water partition coefficient (Wildman–Crippen LogP) is 2.50. The second-order valence-electron chi connectivity index (χ2n) is 6.05. The predicted molar refractivity (Wildman–Crippen MR) is 69.6 cm³/mol. The van der Waals surface area contributed by atoms with Gasteiger partial charge >= 0.3 is 0 Å². The van der Waals surface area contributed by atoms with Gasteiger partial charge in [0.1, 0.15) is 0 Å². The quantitative estimate of drug-likeness (QED) is 0.697. The van der Waals surface area contributed by atoms with Gasteiger partial charge in [0.05, 0.1) is 0 Å². The van der Waals surface area contributed by atoms with E-state index in [0.29, 0.717) is 0 Å². The molecule has 0 bridgehead atoms. The van der Waals surface area contributed by atoms with Crippen LogP contribution in [0.5, 0.6) is 0 Å². The minimum Gasteiger partial charge on any atom is -0.315 e. The van der Waals surface area contributed by atoms with E-state index in [2.05, 4.69) is 24.2 Å². The molecule has 2 nitrogen and oxygen atoms in total. The van der Waals surface area contributed by atoms with Gasteiger partial charge in [-0.3, -0.25) is 0 Å². The van der Waals surface area contributed by atoms with E-state index >= 15 is 0 Å². The van der Waals surface area contributed by atoms with Crippen LogP contribution in [0.2, 0.25) is 0 Å². The summed E-state index contributed by atoms with van der Waals surface area (Å²) in [6.07, 6.45) is 8.64. The van der Waals surface area contributed by atoms with Crippen LogP contribution < -0.4 is 5.32 Å². The number of nitrogens with one attached hydrogen (secondary N) is 1. The second-order valence-corrected chi connectivity index (χ2v) is 6.05. The average Bonchev–Trinajstić information content (AvgIpc) is 3.08. The van der Waals surface area contributed by atoms with Crippen LogP contribution in [0.25, 0.3) is 0 Å². The molecule has 0 saturated heterocycles. The van der Waals surface area contributed by atoms with Crippen molar-refractivity contribution in [3.63, 3.8) is 0 Å². The fraction of sp³-hybridized carbons (Fsp3) is 1.00. The van der Waals surface area contributed by atoms with E-state index in [9.17, 15) is 0 Å². The Balaban J connectivity index is 1.56. The van der Waals surface area contributed by atoms with Crippen LogP contribution in [0.1, 0.15) is 45.4 Å². The number of nitrogens with zero attached hydrogens (tertiary/aromatic N) is 1. The molecule has 2 aliphatic carbocycles. The van der Waals surface area contributed by atoms with Crippen molar-refractivity contribution in [2.45, 2.75) is 51.5 Å². The van der Waals surface area contributed by atoms with E-state index in [1.54, 1.807) is 0 Å². The van der Waals surface area contributed by atoms with Crippen LogP contribution in [0.4, 0.5) is 0 Å². The van der Waals surface area contributed by atoms with Crippen molar-refractivity contribution >= 4 is 0 Å². The molecular weight excluding hydrogens is 196 g/mol. The molecule has 2 rings (SSSR count). The molecule has 0 amide bonds. The van der Waals surface area contributed by atoms with Crippen molar-refractivity contribution < 1.29 is 0 Å². The van der Waals surface area contributed by atoms with Crippen molar-refractivity contribution in [2.75, 3.05) is 26.7 Å². The summed E-state index contributed by atoms with van der Waals surface area (Å²) in [6.45, 7) is 6.07. The highest BCUT2D eigenvalue weighted by molar-refractivity contribution is 4.78. The molecule has 2 unspecified atom stereocenters. The molecule has 2 fully saturated rings. The lowest BCUT2D eigenvalue weighted by Gasteiger charge is -2.34. The molecule has 16 heavy (non-hydrogen) atoms. The van der Waals surface area contributed by atoms with Gasteiger partial charge in [-0.1, -0.05) is 19.8 Å². The van der Waals surface area contributed by atoms with Gasteiger partial charge in [0, 0.05) is 19.1 Å². The van der Waals surface area contributed by atoms with Gasteiger partial charge in [-0.15, -0.1) is 0 Å². The van der Waals surface area contributed by atoms with E-state index in [4.69, 9.17) is 0 Å². The Morgan fingerprint density at radius 2 is 2.00 bits per heavy atom. The lowest BCUT2D eigenvalue weighted by Crippen LogP contribution is -2.39. The maximum atomic E-state index is 3.59. The van der Waals surface area contributed by atoms with Gasteiger partial charge in [0.2, 0.25) is 0 Å². The van der Waals surface area contributed by atoms with Gasteiger partial charge in [-0.05, 0) is 51.1 Å². The summed E-state index contributed by atoms with van der Waals surface area (Å²) < 4.78 is 0. The lowest BCUT2D eigenvalue weighted by molar-refractivity contribution is 0.164. The van der Waals surface area contributed by atoms with Gasteiger partial charge in [0.25, 0.3) is 0 Å². The zero-order chi connectivity index (χ0) is 11.4. The van der Waals surface area contributed by atoms with Crippen LogP contribution in [0.3, 0.4) is 0 Å². The first-order valence-corrected chi connectivity index (χ1v) is 7.16. The Morgan fingerprint density at radius 1 is 1.19 bits per heavy atom. The summed E-state index contributed by atoms with van der Waals surface area (Å²) in [5.74, 6) is 1.96. The van der Waals surface area contributed by atoms with E-state index in [1.807, 2.05) is 0 Å². The number of rotatable bonds is 6. The third-order valence-electron chi connectivity index (χ3n) is 4.30. The summed E-state index contributed by atoms with van der Waals surface area (Å²) in [4.78, 5) is 2.58. The maximum Gasteiger partial charge on any atom is 0.0107 e. The number of likely N-dealkylation sites (N-methyl/N-ethyl adjacent to an activating group) is 1. The zero-order valence-corrected chi connectivity index (χ0v) is 11.0. The maximum absolute atomic E-state index is 3.59. The Hall–Kier alpha value is -0.0800. The lowest BCUT2D eigenvalue weighted by atomic mass is 9.86. The van der Waals surface area contributed by atoms with E-state index in [-0.39, 0.29) is 0 Å². The van der Waals surface area contributed by atoms with Gasteiger partial charge < -0.3 is 10.2 Å². The van der Waals surface area contributed by atoms with Crippen molar-refractivity contribution in [3.8, 4) is 0 Å².